The molecule has 2 aromatic carbocycles. The van der Waals surface area contributed by atoms with Crippen LogP contribution >= 0.6 is 0 Å². The van der Waals surface area contributed by atoms with Gasteiger partial charge in [0.1, 0.15) is 18.4 Å². The van der Waals surface area contributed by atoms with E-state index >= 15 is 0 Å². The highest BCUT2D eigenvalue weighted by molar-refractivity contribution is 6.06. The Hall–Kier alpha value is -3.81. The Kier molecular flexibility index (Phi) is 8.52. The van der Waals surface area contributed by atoms with E-state index in [0.717, 1.165) is 41.3 Å². The molecule has 0 radical (unpaired) electrons. The van der Waals surface area contributed by atoms with Crippen molar-refractivity contribution in [1.29, 1.82) is 0 Å². The molecule has 41 heavy (non-hydrogen) atoms. The number of fused-ring (bicyclic) bond motifs is 1. The van der Waals surface area contributed by atoms with Crippen LogP contribution in [-0.2, 0) is 10.2 Å². The number of rotatable bonds is 6. The monoisotopic (exact) mass is 561 g/mol. The van der Waals surface area contributed by atoms with Gasteiger partial charge in [0.2, 0.25) is 5.69 Å². The van der Waals surface area contributed by atoms with E-state index in [1.807, 2.05) is 75.2 Å². The molecule has 2 aliphatic heterocycles. The lowest BCUT2D eigenvalue weighted by Crippen LogP contribution is -2.51. The number of amides is 2. The maximum atomic E-state index is 13.5. The average molecular weight is 562 g/mol. The van der Waals surface area contributed by atoms with E-state index in [4.69, 9.17) is 4.74 Å². The Morgan fingerprint density at radius 3 is 2.22 bits per heavy atom. The smallest absolute Gasteiger partial charge is 0.410 e. The molecule has 2 aliphatic rings. The summed E-state index contributed by atoms with van der Waals surface area (Å²) >= 11 is 0. The first-order chi connectivity index (χ1) is 19.3. The predicted octanol–water partition coefficient (Wildman–Crippen LogP) is 5.65. The Labute approximate surface area is 244 Å². The number of hydrogen-bond acceptors (Lipinski definition) is 5. The summed E-state index contributed by atoms with van der Waals surface area (Å²) in [6, 6.07) is 11.7. The van der Waals surface area contributed by atoms with Crippen molar-refractivity contribution >= 4 is 35.2 Å². The number of ether oxygens (including phenoxy) is 1. The minimum atomic E-state index is -0.546. The Morgan fingerprint density at radius 1 is 1.00 bits per heavy atom. The molecule has 0 saturated carbocycles. The fourth-order valence-electron chi connectivity index (χ4n) is 5.70. The van der Waals surface area contributed by atoms with Gasteiger partial charge in [-0.05, 0) is 78.8 Å². The molecule has 1 fully saturated rings. The molecule has 8 nitrogen and oxygen atoms in total. The molecule has 220 valence electrons. The minimum absolute atomic E-state index is 0.0303. The SMILES string of the molecule is CCN(CC)c1ccc(C=CC2=[N+](C)c3ccc(C(=O)N4CCN(C(=O)OC(C)(C)C)CC4)cc3C2(C)C)c(O)c1. The lowest BCUT2D eigenvalue weighted by molar-refractivity contribution is -0.401. The molecule has 0 unspecified atom stereocenters. The van der Waals surface area contributed by atoms with Crippen LogP contribution in [-0.4, -0.2) is 89.1 Å². The van der Waals surface area contributed by atoms with E-state index in [0.29, 0.717) is 31.7 Å². The second kappa shape index (κ2) is 11.6. The lowest BCUT2D eigenvalue weighted by Gasteiger charge is -2.35. The Bertz CT molecular complexity index is 1370. The number of allylic oxidation sites excluding steroid dienone is 1. The number of carbonyl (C=O) groups is 2. The number of benzene rings is 2. The Balaban J connectivity index is 1.49. The van der Waals surface area contributed by atoms with Crippen LogP contribution in [0.5, 0.6) is 5.75 Å². The van der Waals surface area contributed by atoms with Gasteiger partial charge < -0.3 is 24.5 Å². The highest BCUT2D eigenvalue weighted by atomic mass is 16.6. The number of phenols is 1. The number of hydrogen-bond donors (Lipinski definition) is 1. The minimum Gasteiger partial charge on any atom is -0.507 e. The normalized spacial score (nSPS) is 16.8. The van der Waals surface area contributed by atoms with E-state index < -0.39 is 5.60 Å². The van der Waals surface area contributed by atoms with Crippen molar-refractivity contribution in [3.05, 3.63) is 59.2 Å². The van der Waals surface area contributed by atoms with Crippen molar-refractivity contribution in [3.8, 4) is 5.75 Å². The van der Waals surface area contributed by atoms with Crippen LogP contribution in [0.15, 0.2) is 42.5 Å². The van der Waals surface area contributed by atoms with Crippen LogP contribution in [0.25, 0.3) is 6.08 Å². The largest absolute Gasteiger partial charge is 0.507 e. The van der Waals surface area contributed by atoms with Gasteiger partial charge in [-0.25, -0.2) is 4.79 Å². The number of phenolic OH excluding ortho intramolecular Hbond substituents is 1. The summed E-state index contributed by atoms with van der Waals surface area (Å²) in [7, 11) is 2.04. The highest BCUT2D eigenvalue weighted by Gasteiger charge is 2.43. The van der Waals surface area contributed by atoms with Crippen molar-refractivity contribution < 1.29 is 24.0 Å². The number of anilines is 1. The third-order valence-corrected chi connectivity index (χ3v) is 8.06. The molecule has 2 amide bonds. The van der Waals surface area contributed by atoms with Crippen molar-refractivity contribution in [2.24, 2.45) is 0 Å². The molecule has 2 aromatic rings. The van der Waals surface area contributed by atoms with E-state index in [1.54, 1.807) is 4.90 Å². The van der Waals surface area contributed by atoms with Gasteiger partial charge in [0.15, 0.2) is 5.71 Å². The quantitative estimate of drug-likeness (QED) is 0.461. The predicted molar refractivity (Wildman–Crippen MR) is 165 cm³/mol. The second-order valence-electron chi connectivity index (χ2n) is 12.3. The fourth-order valence-corrected chi connectivity index (χ4v) is 5.70. The summed E-state index contributed by atoms with van der Waals surface area (Å²) in [4.78, 5) is 31.6. The molecule has 0 aromatic heterocycles. The van der Waals surface area contributed by atoms with Gasteiger partial charge in [-0.3, -0.25) is 4.79 Å². The van der Waals surface area contributed by atoms with Crippen LogP contribution in [0.3, 0.4) is 0 Å². The topological polar surface area (TPSA) is 76.3 Å². The molecule has 1 saturated heterocycles. The molecule has 0 spiro atoms. The summed E-state index contributed by atoms with van der Waals surface area (Å²) in [5.74, 6) is 0.221. The zero-order valence-electron chi connectivity index (χ0n) is 25.8. The van der Waals surface area contributed by atoms with Crippen LogP contribution < -0.4 is 4.90 Å². The van der Waals surface area contributed by atoms with E-state index in [-0.39, 0.29) is 23.2 Å². The molecule has 4 rings (SSSR count). The summed E-state index contributed by atoms with van der Waals surface area (Å²) in [6.45, 7) is 17.7. The molecule has 0 bridgehead atoms. The van der Waals surface area contributed by atoms with Gasteiger partial charge >= 0.3 is 6.09 Å². The summed E-state index contributed by atoms with van der Waals surface area (Å²) in [5, 5.41) is 10.7. The van der Waals surface area contributed by atoms with Gasteiger partial charge in [0, 0.05) is 79.9 Å². The zero-order valence-corrected chi connectivity index (χ0v) is 25.8. The first-order valence-electron chi connectivity index (χ1n) is 14.6. The van der Waals surface area contributed by atoms with Crippen LogP contribution in [0.2, 0.25) is 0 Å². The molecule has 0 aliphatic carbocycles. The molecule has 2 heterocycles. The van der Waals surface area contributed by atoms with Gasteiger partial charge in [-0.1, -0.05) is 0 Å². The molecular formula is C33H45N4O4+. The van der Waals surface area contributed by atoms with Crippen molar-refractivity contribution in [1.82, 2.24) is 9.80 Å². The van der Waals surface area contributed by atoms with Crippen molar-refractivity contribution in [2.45, 2.75) is 59.5 Å². The molecule has 0 atom stereocenters. The zero-order chi connectivity index (χ0) is 30.1. The second-order valence-corrected chi connectivity index (χ2v) is 12.3. The van der Waals surface area contributed by atoms with Crippen LogP contribution in [0, 0.1) is 0 Å². The molecule has 1 N–H and O–H groups in total. The average Bonchev–Trinajstić information content (AvgIpc) is 3.11. The van der Waals surface area contributed by atoms with Gasteiger partial charge in [0.05, 0.1) is 5.41 Å². The third kappa shape index (κ3) is 6.26. The molecular weight excluding hydrogens is 516 g/mol. The standard InChI is InChI=1S/C33H44N4O4/c1-9-35(10-2)25-14-11-23(28(38)22-25)13-16-29-33(6,7)26-21-24(12-15-27(26)34(29)8)30(39)36-17-19-37(20-18-36)31(40)41-32(3,4)5/h11-16,21-22H,9-10,17-20H2,1-8H3/p+1. The van der Waals surface area contributed by atoms with Crippen molar-refractivity contribution in [3.63, 3.8) is 0 Å². The number of carbonyl (C=O) groups excluding carboxylic acids is 2. The summed E-state index contributed by atoms with van der Waals surface area (Å²) in [5.41, 5.74) is 4.74. The van der Waals surface area contributed by atoms with E-state index in [9.17, 15) is 14.7 Å². The van der Waals surface area contributed by atoms with E-state index in [1.165, 1.54) is 0 Å². The summed E-state index contributed by atoms with van der Waals surface area (Å²) < 4.78 is 7.64. The highest BCUT2D eigenvalue weighted by Crippen LogP contribution is 2.40. The van der Waals surface area contributed by atoms with Gasteiger partial charge in [-0.2, -0.15) is 4.58 Å². The molecule has 8 heteroatoms. The van der Waals surface area contributed by atoms with E-state index in [2.05, 4.69) is 43.2 Å². The first kappa shape index (κ1) is 30.2. The number of piperazine rings is 1. The van der Waals surface area contributed by atoms with Crippen LogP contribution in [0.4, 0.5) is 16.2 Å². The van der Waals surface area contributed by atoms with Crippen molar-refractivity contribution in [2.75, 3.05) is 51.2 Å². The maximum Gasteiger partial charge on any atom is 0.410 e. The summed E-state index contributed by atoms with van der Waals surface area (Å²) in [6.07, 6.45) is 3.68. The van der Waals surface area contributed by atoms with Gasteiger partial charge in [-0.15, -0.1) is 0 Å². The first-order valence-corrected chi connectivity index (χ1v) is 14.6. The Morgan fingerprint density at radius 2 is 1.63 bits per heavy atom. The lowest BCUT2D eigenvalue weighted by atomic mass is 9.80. The third-order valence-electron chi connectivity index (χ3n) is 8.06. The number of nitrogens with zero attached hydrogens (tertiary/aromatic N) is 4. The fraction of sp³-hybridized carbons (Fsp3) is 0.485. The maximum absolute atomic E-state index is 13.5. The number of aromatic hydroxyl groups is 1. The van der Waals surface area contributed by atoms with Gasteiger partial charge in [0.25, 0.3) is 5.91 Å². The van der Waals surface area contributed by atoms with Crippen LogP contribution in [0.1, 0.15) is 70.0 Å².